The molecule has 1 aromatic carbocycles. The minimum absolute atomic E-state index is 0.154. The van der Waals surface area contributed by atoms with Gasteiger partial charge in [0.15, 0.2) is 0 Å². The number of fused-ring (bicyclic) bond motifs is 1. The SMILES string of the molecule is CCc1oc2ccccc2c1CNC1CCC(C(=O)O)CC1. The van der Waals surface area contributed by atoms with E-state index in [0.29, 0.717) is 6.04 Å². The number of hydrogen-bond acceptors (Lipinski definition) is 3. The van der Waals surface area contributed by atoms with Gasteiger partial charge in [-0.05, 0) is 31.7 Å². The molecular weight excluding hydrogens is 278 g/mol. The van der Waals surface area contributed by atoms with Gasteiger partial charge in [-0.25, -0.2) is 0 Å². The van der Waals surface area contributed by atoms with Crippen LogP contribution in [0.4, 0.5) is 0 Å². The first-order valence-corrected chi connectivity index (χ1v) is 8.14. The molecule has 0 bridgehead atoms. The molecule has 0 spiro atoms. The molecule has 2 aromatic rings. The van der Waals surface area contributed by atoms with Crippen LogP contribution in [-0.2, 0) is 17.8 Å². The summed E-state index contributed by atoms with van der Waals surface area (Å²) in [6.07, 6.45) is 4.32. The molecule has 0 amide bonds. The molecule has 0 atom stereocenters. The molecule has 1 aliphatic rings. The first-order valence-electron chi connectivity index (χ1n) is 8.14. The van der Waals surface area contributed by atoms with Gasteiger partial charge in [-0.1, -0.05) is 25.1 Å². The second-order valence-corrected chi connectivity index (χ2v) is 6.12. The smallest absolute Gasteiger partial charge is 0.306 e. The lowest BCUT2D eigenvalue weighted by molar-refractivity contribution is -0.142. The van der Waals surface area contributed by atoms with Crippen molar-refractivity contribution in [1.29, 1.82) is 0 Å². The number of carboxylic acids is 1. The standard InChI is InChI=1S/C18H23NO3/c1-2-16-15(14-5-3-4-6-17(14)22-16)11-19-13-9-7-12(8-10-13)18(20)21/h3-6,12-13,19H,2,7-11H2,1H3,(H,20,21). The van der Waals surface area contributed by atoms with Gasteiger partial charge in [0.2, 0.25) is 0 Å². The number of rotatable bonds is 5. The van der Waals surface area contributed by atoms with E-state index < -0.39 is 5.97 Å². The van der Waals surface area contributed by atoms with E-state index in [2.05, 4.69) is 18.3 Å². The van der Waals surface area contributed by atoms with Crippen LogP contribution in [0.1, 0.15) is 43.9 Å². The van der Waals surface area contributed by atoms with Gasteiger partial charge in [-0.3, -0.25) is 4.79 Å². The third-order valence-electron chi connectivity index (χ3n) is 4.75. The Labute approximate surface area is 130 Å². The lowest BCUT2D eigenvalue weighted by atomic mass is 9.86. The molecule has 1 heterocycles. The number of benzene rings is 1. The van der Waals surface area contributed by atoms with Crippen LogP contribution in [0.2, 0.25) is 0 Å². The molecule has 4 nitrogen and oxygen atoms in total. The fourth-order valence-electron chi connectivity index (χ4n) is 3.42. The second-order valence-electron chi connectivity index (χ2n) is 6.12. The highest BCUT2D eigenvalue weighted by Gasteiger charge is 2.26. The van der Waals surface area contributed by atoms with Crippen molar-refractivity contribution >= 4 is 16.9 Å². The van der Waals surface area contributed by atoms with E-state index in [4.69, 9.17) is 9.52 Å². The van der Waals surface area contributed by atoms with Crippen LogP contribution in [-0.4, -0.2) is 17.1 Å². The first-order chi connectivity index (χ1) is 10.7. The lowest BCUT2D eigenvalue weighted by Crippen LogP contribution is -2.34. The topological polar surface area (TPSA) is 62.5 Å². The number of carbonyl (C=O) groups is 1. The van der Waals surface area contributed by atoms with Crippen LogP contribution in [0, 0.1) is 5.92 Å². The van der Waals surface area contributed by atoms with Gasteiger partial charge in [0.05, 0.1) is 5.92 Å². The Bertz CT molecular complexity index is 653. The molecule has 4 heteroatoms. The summed E-state index contributed by atoms with van der Waals surface area (Å²) in [5.41, 5.74) is 2.20. The summed E-state index contributed by atoms with van der Waals surface area (Å²) in [5, 5.41) is 13.8. The van der Waals surface area contributed by atoms with E-state index in [1.807, 2.05) is 18.2 Å². The minimum atomic E-state index is -0.646. The summed E-state index contributed by atoms with van der Waals surface area (Å²) in [4.78, 5) is 11.0. The van der Waals surface area contributed by atoms with Gasteiger partial charge in [-0.2, -0.15) is 0 Å². The average molecular weight is 301 g/mol. The van der Waals surface area contributed by atoms with E-state index >= 15 is 0 Å². The quantitative estimate of drug-likeness (QED) is 0.883. The largest absolute Gasteiger partial charge is 0.481 e. The number of hydrogen-bond donors (Lipinski definition) is 2. The number of nitrogens with one attached hydrogen (secondary N) is 1. The van der Waals surface area contributed by atoms with Crippen molar-refractivity contribution in [3.8, 4) is 0 Å². The predicted molar refractivity (Wildman–Crippen MR) is 85.8 cm³/mol. The highest BCUT2D eigenvalue weighted by atomic mass is 16.4. The third kappa shape index (κ3) is 3.02. The molecule has 0 aliphatic heterocycles. The summed E-state index contributed by atoms with van der Waals surface area (Å²) in [6, 6.07) is 8.56. The van der Waals surface area contributed by atoms with Crippen molar-refractivity contribution in [2.75, 3.05) is 0 Å². The zero-order valence-corrected chi connectivity index (χ0v) is 13.0. The Kier molecular flexibility index (Phi) is 4.48. The molecular formula is C18H23NO3. The molecule has 3 rings (SSSR count). The normalized spacial score (nSPS) is 22.0. The maximum atomic E-state index is 11.0. The van der Waals surface area contributed by atoms with Gasteiger partial charge in [0.25, 0.3) is 0 Å². The number of para-hydroxylation sites is 1. The van der Waals surface area contributed by atoms with E-state index in [1.54, 1.807) is 0 Å². The van der Waals surface area contributed by atoms with Crippen molar-refractivity contribution in [3.05, 3.63) is 35.6 Å². The van der Waals surface area contributed by atoms with Crippen LogP contribution < -0.4 is 5.32 Å². The Morgan fingerprint density at radius 1 is 1.27 bits per heavy atom. The summed E-state index contributed by atoms with van der Waals surface area (Å²) >= 11 is 0. The summed E-state index contributed by atoms with van der Waals surface area (Å²) in [6.45, 7) is 2.90. The van der Waals surface area contributed by atoms with Crippen molar-refractivity contribution in [3.63, 3.8) is 0 Å². The number of carboxylic acid groups (broad SMARTS) is 1. The van der Waals surface area contributed by atoms with Crippen molar-refractivity contribution in [2.24, 2.45) is 5.92 Å². The van der Waals surface area contributed by atoms with Gasteiger partial charge >= 0.3 is 5.97 Å². The van der Waals surface area contributed by atoms with Gasteiger partial charge in [-0.15, -0.1) is 0 Å². The zero-order chi connectivity index (χ0) is 15.5. The average Bonchev–Trinajstić information content (AvgIpc) is 2.91. The molecule has 118 valence electrons. The summed E-state index contributed by atoms with van der Waals surface area (Å²) in [5.74, 6) is 0.250. The molecule has 0 saturated heterocycles. The molecule has 1 aliphatic carbocycles. The molecule has 22 heavy (non-hydrogen) atoms. The van der Waals surface area contributed by atoms with E-state index in [-0.39, 0.29) is 5.92 Å². The maximum Gasteiger partial charge on any atom is 0.306 e. The van der Waals surface area contributed by atoms with Crippen molar-refractivity contribution < 1.29 is 14.3 Å². The number of aliphatic carboxylic acids is 1. The summed E-state index contributed by atoms with van der Waals surface area (Å²) in [7, 11) is 0. The Morgan fingerprint density at radius 3 is 2.68 bits per heavy atom. The van der Waals surface area contributed by atoms with Crippen LogP contribution in [0.3, 0.4) is 0 Å². The molecule has 1 aromatic heterocycles. The minimum Gasteiger partial charge on any atom is -0.481 e. The van der Waals surface area contributed by atoms with E-state index in [0.717, 1.165) is 50.0 Å². The van der Waals surface area contributed by atoms with Gasteiger partial charge in [0.1, 0.15) is 11.3 Å². The fraction of sp³-hybridized carbons (Fsp3) is 0.500. The maximum absolute atomic E-state index is 11.0. The Hall–Kier alpha value is -1.81. The predicted octanol–water partition coefficient (Wildman–Crippen LogP) is 3.73. The molecule has 1 saturated carbocycles. The third-order valence-corrected chi connectivity index (χ3v) is 4.75. The number of aryl methyl sites for hydroxylation is 1. The molecule has 2 N–H and O–H groups in total. The van der Waals surface area contributed by atoms with E-state index in [9.17, 15) is 4.79 Å². The zero-order valence-electron chi connectivity index (χ0n) is 13.0. The molecule has 1 fully saturated rings. The summed E-state index contributed by atoms with van der Waals surface area (Å²) < 4.78 is 5.92. The highest BCUT2D eigenvalue weighted by molar-refractivity contribution is 5.82. The van der Waals surface area contributed by atoms with Crippen LogP contribution in [0.25, 0.3) is 11.0 Å². The van der Waals surface area contributed by atoms with Crippen LogP contribution in [0.15, 0.2) is 28.7 Å². The molecule has 0 unspecified atom stereocenters. The first kappa shape index (κ1) is 15.1. The van der Waals surface area contributed by atoms with Gasteiger partial charge in [0, 0.05) is 30.0 Å². The second kappa shape index (κ2) is 6.53. The van der Waals surface area contributed by atoms with Crippen molar-refractivity contribution in [2.45, 2.75) is 51.6 Å². The monoisotopic (exact) mass is 301 g/mol. The van der Waals surface area contributed by atoms with Crippen LogP contribution in [0.5, 0.6) is 0 Å². The Balaban J connectivity index is 1.66. The van der Waals surface area contributed by atoms with Crippen molar-refractivity contribution in [1.82, 2.24) is 5.32 Å². The number of furan rings is 1. The van der Waals surface area contributed by atoms with Gasteiger partial charge < -0.3 is 14.8 Å². The highest BCUT2D eigenvalue weighted by Crippen LogP contribution is 2.28. The van der Waals surface area contributed by atoms with E-state index in [1.165, 1.54) is 10.9 Å². The molecule has 0 radical (unpaired) electrons. The van der Waals surface area contributed by atoms with Crippen LogP contribution >= 0.6 is 0 Å². The lowest BCUT2D eigenvalue weighted by Gasteiger charge is -2.27. The fourth-order valence-corrected chi connectivity index (χ4v) is 3.42. The Morgan fingerprint density at radius 2 is 2.00 bits per heavy atom.